The average Bonchev–Trinajstić information content (AvgIpc) is 3.16. The van der Waals surface area contributed by atoms with Crippen molar-refractivity contribution < 1.29 is 9.59 Å². The van der Waals surface area contributed by atoms with E-state index in [1.165, 1.54) is 0 Å². The van der Waals surface area contributed by atoms with Gasteiger partial charge in [0.05, 0.1) is 16.3 Å². The third-order valence-electron chi connectivity index (χ3n) is 5.74. The van der Waals surface area contributed by atoms with E-state index in [0.717, 1.165) is 67.5 Å². The fourth-order valence-corrected chi connectivity index (χ4v) is 4.65. The molecular weight excluding hydrogens is 438 g/mol. The highest BCUT2D eigenvalue weighted by Gasteiger charge is 2.25. The minimum Gasteiger partial charge on any atom is -0.341 e. The molecule has 0 saturated carbocycles. The first-order valence-corrected chi connectivity index (χ1v) is 11.7. The predicted octanol–water partition coefficient (Wildman–Crippen LogP) is 2.75. The van der Waals surface area contributed by atoms with Crippen LogP contribution < -0.4 is 15.5 Å². The van der Waals surface area contributed by atoms with Crippen LogP contribution in [-0.2, 0) is 11.3 Å². The number of carbonyl (C=O) groups is 2. The first kappa shape index (κ1) is 21.5. The Morgan fingerprint density at radius 2 is 1.97 bits per heavy atom. The van der Waals surface area contributed by atoms with Crippen LogP contribution in [0.25, 0.3) is 17.1 Å². The second-order valence-electron chi connectivity index (χ2n) is 8.05. The SMILES string of the molecule is O=C1NC(=O)C(=Cc2ccnc(N3CCC(CNCc4ccc5cccnc5n4)CC3)n2)S1. The fraction of sp³-hybridized carbons (Fsp3) is 0.304. The molecular formula is C23H23N7O2S. The molecule has 0 bridgehead atoms. The van der Waals surface area contributed by atoms with Gasteiger partial charge in [0.15, 0.2) is 5.65 Å². The first-order chi connectivity index (χ1) is 16.1. The van der Waals surface area contributed by atoms with E-state index in [1.807, 2.05) is 18.2 Å². The molecule has 2 saturated heterocycles. The second-order valence-corrected chi connectivity index (χ2v) is 9.06. The van der Waals surface area contributed by atoms with Gasteiger partial charge in [-0.2, -0.15) is 0 Å². The lowest BCUT2D eigenvalue weighted by molar-refractivity contribution is -0.115. The zero-order valence-electron chi connectivity index (χ0n) is 17.9. The number of amides is 2. The normalized spacial score (nSPS) is 18.3. The largest absolute Gasteiger partial charge is 0.341 e. The summed E-state index contributed by atoms with van der Waals surface area (Å²) in [6.07, 6.45) is 7.17. The molecule has 5 rings (SSSR count). The number of nitrogens with zero attached hydrogens (tertiary/aromatic N) is 5. The van der Waals surface area contributed by atoms with E-state index < -0.39 is 0 Å². The van der Waals surface area contributed by atoms with Crippen molar-refractivity contribution in [1.82, 2.24) is 30.6 Å². The Bertz CT molecular complexity index is 1220. The Balaban J connectivity index is 1.12. The molecule has 168 valence electrons. The zero-order valence-corrected chi connectivity index (χ0v) is 18.7. The minimum atomic E-state index is -0.381. The highest BCUT2D eigenvalue weighted by atomic mass is 32.2. The molecule has 9 nitrogen and oxygen atoms in total. The van der Waals surface area contributed by atoms with E-state index in [1.54, 1.807) is 24.5 Å². The molecule has 2 aliphatic heterocycles. The van der Waals surface area contributed by atoms with Crippen LogP contribution in [0.15, 0.2) is 47.6 Å². The van der Waals surface area contributed by atoms with Gasteiger partial charge in [0.2, 0.25) is 5.95 Å². The van der Waals surface area contributed by atoms with Crippen molar-refractivity contribution in [3.63, 3.8) is 0 Å². The molecule has 5 heterocycles. The molecule has 2 aliphatic rings. The van der Waals surface area contributed by atoms with E-state index in [-0.39, 0.29) is 11.1 Å². The number of thioether (sulfide) groups is 1. The maximum Gasteiger partial charge on any atom is 0.290 e. The zero-order chi connectivity index (χ0) is 22.6. The third kappa shape index (κ3) is 5.18. The van der Waals surface area contributed by atoms with Gasteiger partial charge in [-0.15, -0.1) is 0 Å². The number of anilines is 1. The van der Waals surface area contributed by atoms with Crippen molar-refractivity contribution in [3.8, 4) is 0 Å². The van der Waals surface area contributed by atoms with E-state index in [9.17, 15) is 9.59 Å². The summed E-state index contributed by atoms with van der Waals surface area (Å²) in [5.74, 6) is 0.849. The predicted molar refractivity (Wildman–Crippen MR) is 127 cm³/mol. The number of hydrogen-bond donors (Lipinski definition) is 2. The van der Waals surface area contributed by atoms with Gasteiger partial charge < -0.3 is 10.2 Å². The summed E-state index contributed by atoms with van der Waals surface area (Å²) in [6.45, 7) is 3.40. The summed E-state index contributed by atoms with van der Waals surface area (Å²) in [7, 11) is 0. The lowest BCUT2D eigenvalue weighted by Gasteiger charge is -2.32. The summed E-state index contributed by atoms with van der Waals surface area (Å²) in [4.78, 5) is 43.5. The molecule has 2 N–H and O–H groups in total. The van der Waals surface area contributed by atoms with Crippen LogP contribution in [0.3, 0.4) is 0 Å². The summed E-state index contributed by atoms with van der Waals surface area (Å²) in [5, 5.41) is 6.48. The van der Waals surface area contributed by atoms with Crippen molar-refractivity contribution in [3.05, 3.63) is 59.0 Å². The van der Waals surface area contributed by atoms with Crippen LogP contribution >= 0.6 is 11.8 Å². The Labute approximate surface area is 195 Å². The average molecular weight is 462 g/mol. The highest BCUT2D eigenvalue weighted by molar-refractivity contribution is 8.18. The van der Waals surface area contributed by atoms with Gasteiger partial charge in [-0.1, -0.05) is 0 Å². The van der Waals surface area contributed by atoms with Gasteiger partial charge in [-0.3, -0.25) is 14.9 Å². The first-order valence-electron chi connectivity index (χ1n) is 10.9. The number of aromatic nitrogens is 4. The van der Waals surface area contributed by atoms with Crippen LogP contribution in [0.5, 0.6) is 0 Å². The molecule has 10 heteroatoms. The fourth-order valence-electron chi connectivity index (χ4n) is 3.98. The van der Waals surface area contributed by atoms with Crippen molar-refractivity contribution in [2.45, 2.75) is 19.4 Å². The van der Waals surface area contributed by atoms with E-state index in [0.29, 0.717) is 22.5 Å². The molecule has 2 fully saturated rings. The van der Waals surface area contributed by atoms with Crippen molar-refractivity contribution in [2.24, 2.45) is 5.92 Å². The molecule has 0 spiro atoms. The number of imide groups is 1. The summed E-state index contributed by atoms with van der Waals surface area (Å²) in [6, 6.07) is 9.78. The molecule has 3 aromatic rings. The maximum absolute atomic E-state index is 11.8. The Morgan fingerprint density at radius 3 is 2.79 bits per heavy atom. The van der Waals surface area contributed by atoms with Crippen LogP contribution in [0.2, 0.25) is 0 Å². The number of pyridine rings is 2. The molecule has 3 aromatic heterocycles. The standard InChI is InChI=1S/C23H23N7O2S/c31-21-19(33-23(32)29-21)12-17-5-9-26-22(28-17)30-10-6-15(7-11-30)13-24-14-18-4-3-16-2-1-8-25-20(16)27-18/h1-5,8-9,12,15,24H,6-7,10-11,13-14H2,(H,29,31,32). The van der Waals surface area contributed by atoms with Gasteiger partial charge >= 0.3 is 0 Å². The summed E-state index contributed by atoms with van der Waals surface area (Å²) >= 11 is 0.889. The Kier molecular flexibility index (Phi) is 6.27. The number of fused-ring (bicyclic) bond motifs is 1. The van der Waals surface area contributed by atoms with Crippen LogP contribution in [0.1, 0.15) is 24.2 Å². The van der Waals surface area contributed by atoms with Gasteiger partial charge in [-0.25, -0.2) is 19.9 Å². The Hall–Kier alpha value is -3.37. The summed E-state index contributed by atoms with van der Waals surface area (Å²) < 4.78 is 0. The van der Waals surface area contributed by atoms with E-state index in [2.05, 4.69) is 41.5 Å². The number of nitrogens with one attached hydrogen (secondary N) is 2. The highest BCUT2D eigenvalue weighted by Crippen LogP contribution is 2.26. The molecule has 0 aliphatic carbocycles. The van der Waals surface area contributed by atoms with E-state index >= 15 is 0 Å². The van der Waals surface area contributed by atoms with Crippen molar-refractivity contribution in [2.75, 3.05) is 24.5 Å². The smallest absolute Gasteiger partial charge is 0.290 e. The number of hydrogen-bond acceptors (Lipinski definition) is 9. The Morgan fingerprint density at radius 1 is 1.09 bits per heavy atom. The van der Waals surface area contributed by atoms with Crippen molar-refractivity contribution in [1.29, 1.82) is 0 Å². The molecule has 0 radical (unpaired) electrons. The number of rotatable bonds is 6. The summed E-state index contributed by atoms with van der Waals surface area (Å²) in [5.41, 5.74) is 2.39. The lowest BCUT2D eigenvalue weighted by Crippen LogP contribution is -2.38. The van der Waals surface area contributed by atoms with Crippen LogP contribution in [0.4, 0.5) is 10.7 Å². The van der Waals surface area contributed by atoms with Crippen LogP contribution in [-0.4, -0.2) is 50.7 Å². The van der Waals surface area contributed by atoms with Gasteiger partial charge in [0, 0.05) is 37.4 Å². The molecule has 2 amide bonds. The lowest BCUT2D eigenvalue weighted by atomic mass is 9.97. The second kappa shape index (κ2) is 9.63. The van der Waals surface area contributed by atoms with Crippen LogP contribution in [0, 0.1) is 5.92 Å². The molecule has 0 aromatic carbocycles. The molecule has 0 unspecified atom stereocenters. The monoisotopic (exact) mass is 461 g/mol. The third-order valence-corrected chi connectivity index (χ3v) is 6.55. The molecule has 0 atom stereocenters. The minimum absolute atomic E-state index is 0.353. The van der Waals surface area contributed by atoms with E-state index in [4.69, 9.17) is 0 Å². The quantitative estimate of drug-likeness (QED) is 0.535. The number of piperidine rings is 1. The maximum atomic E-state index is 11.8. The molecule has 33 heavy (non-hydrogen) atoms. The van der Waals surface area contributed by atoms with Gasteiger partial charge in [0.1, 0.15) is 0 Å². The van der Waals surface area contributed by atoms with Gasteiger partial charge in [0.25, 0.3) is 11.1 Å². The topological polar surface area (TPSA) is 113 Å². The van der Waals surface area contributed by atoms with Gasteiger partial charge in [-0.05, 0) is 73.5 Å². The number of carbonyl (C=O) groups excluding carboxylic acids is 2. The van der Waals surface area contributed by atoms with Crippen molar-refractivity contribution >= 4 is 46.0 Å².